The normalized spacial score (nSPS) is 15.8. The Morgan fingerprint density at radius 1 is 1.12 bits per heavy atom. The number of hydrogen-bond donors (Lipinski definition) is 2. The van der Waals surface area contributed by atoms with E-state index in [0.717, 1.165) is 5.56 Å². The van der Waals surface area contributed by atoms with Crippen molar-refractivity contribution in [3.05, 3.63) is 59.0 Å². The lowest BCUT2D eigenvalue weighted by molar-refractivity contribution is 0.553. The van der Waals surface area contributed by atoms with E-state index in [0.29, 0.717) is 0 Å². The summed E-state index contributed by atoms with van der Waals surface area (Å²) in [4.78, 5) is 0. The second-order valence-corrected chi connectivity index (χ2v) is 4.54. The van der Waals surface area contributed by atoms with Crippen LogP contribution in [0, 0.1) is 0 Å². The molecule has 0 fully saturated rings. The summed E-state index contributed by atoms with van der Waals surface area (Å²) in [5.41, 5.74) is 8.06. The van der Waals surface area contributed by atoms with E-state index in [9.17, 15) is 0 Å². The fraction of sp³-hybridized carbons (Fsp3) is 0.286. The van der Waals surface area contributed by atoms with Crippen molar-refractivity contribution in [2.75, 3.05) is 0 Å². The number of aryl methyl sites for hydroxylation is 2. The molecule has 3 heteroatoms. The van der Waals surface area contributed by atoms with Gasteiger partial charge in [-0.2, -0.15) is 0 Å². The molecule has 0 aliphatic heterocycles. The number of benzene rings is 1. The molecule has 0 saturated carbocycles. The maximum Gasteiger partial charge on any atom is 0.0954 e. The maximum atomic E-state index is 5.65. The number of rotatable bonds is 3. The first-order valence-electron chi connectivity index (χ1n) is 5.98. The lowest BCUT2D eigenvalue weighted by Crippen LogP contribution is -2.28. The Hall–Kier alpha value is -1.58. The SMILES string of the molecule is NNC(c1ccoc1)c1ccc2c(c1)CCC2. The second kappa shape index (κ2) is 4.35. The molecule has 2 aromatic rings. The van der Waals surface area contributed by atoms with Crippen molar-refractivity contribution in [1.82, 2.24) is 5.43 Å². The Bertz CT molecular complexity index is 505. The fourth-order valence-electron chi connectivity index (χ4n) is 2.60. The molecule has 1 aliphatic rings. The highest BCUT2D eigenvalue weighted by Gasteiger charge is 2.17. The largest absolute Gasteiger partial charge is 0.472 e. The highest BCUT2D eigenvalue weighted by Crippen LogP contribution is 2.28. The molecule has 0 bridgehead atoms. The van der Waals surface area contributed by atoms with Gasteiger partial charge < -0.3 is 4.42 Å². The molecule has 0 radical (unpaired) electrons. The van der Waals surface area contributed by atoms with Crippen LogP contribution in [0.3, 0.4) is 0 Å². The lowest BCUT2D eigenvalue weighted by Gasteiger charge is -2.15. The van der Waals surface area contributed by atoms with E-state index >= 15 is 0 Å². The van der Waals surface area contributed by atoms with Crippen LogP contribution in [0.25, 0.3) is 0 Å². The van der Waals surface area contributed by atoms with Gasteiger partial charge in [-0.1, -0.05) is 18.2 Å². The number of hydrazine groups is 1. The minimum absolute atomic E-state index is 0.0136. The monoisotopic (exact) mass is 228 g/mol. The summed E-state index contributed by atoms with van der Waals surface area (Å²) < 4.78 is 5.12. The summed E-state index contributed by atoms with van der Waals surface area (Å²) in [7, 11) is 0. The Kier molecular flexibility index (Phi) is 2.71. The highest BCUT2D eigenvalue weighted by atomic mass is 16.3. The molecule has 1 unspecified atom stereocenters. The summed E-state index contributed by atoms with van der Waals surface area (Å²) in [6, 6.07) is 8.60. The molecule has 0 saturated heterocycles. The summed E-state index contributed by atoms with van der Waals surface area (Å²) in [5.74, 6) is 5.65. The molecule has 0 spiro atoms. The van der Waals surface area contributed by atoms with Crippen molar-refractivity contribution in [2.24, 2.45) is 5.84 Å². The smallest absolute Gasteiger partial charge is 0.0954 e. The van der Waals surface area contributed by atoms with Gasteiger partial charge in [0, 0.05) is 5.56 Å². The summed E-state index contributed by atoms with van der Waals surface area (Å²) in [6.45, 7) is 0. The number of hydrogen-bond acceptors (Lipinski definition) is 3. The van der Waals surface area contributed by atoms with Crippen molar-refractivity contribution in [3.63, 3.8) is 0 Å². The predicted octanol–water partition coefficient (Wildman–Crippen LogP) is 2.32. The van der Waals surface area contributed by atoms with E-state index in [1.165, 1.54) is 36.0 Å². The van der Waals surface area contributed by atoms with Crippen molar-refractivity contribution in [2.45, 2.75) is 25.3 Å². The number of furan rings is 1. The molecule has 1 atom stereocenters. The van der Waals surface area contributed by atoms with Crippen LogP contribution in [0.1, 0.15) is 34.7 Å². The van der Waals surface area contributed by atoms with Crippen LogP contribution in [-0.2, 0) is 12.8 Å². The minimum Gasteiger partial charge on any atom is -0.472 e. The zero-order chi connectivity index (χ0) is 11.7. The van der Waals surface area contributed by atoms with E-state index < -0.39 is 0 Å². The van der Waals surface area contributed by atoms with Crippen molar-refractivity contribution in [1.29, 1.82) is 0 Å². The van der Waals surface area contributed by atoms with Gasteiger partial charge in [-0.3, -0.25) is 5.84 Å². The first kappa shape index (κ1) is 10.6. The van der Waals surface area contributed by atoms with Crippen LogP contribution < -0.4 is 11.3 Å². The van der Waals surface area contributed by atoms with Crippen LogP contribution in [0.2, 0.25) is 0 Å². The molecule has 1 aliphatic carbocycles. The molecule has 1 aromatic carbocycles. The lowest BCUT2D eigenvalue weighted by atomic mass is 9.98. The highest BCUT2D eigenvalue weighted by molar-refractivity contribution is 5.39. The topological polar surface area (TPSA) is 51.2 Å². The second-order valence-electron chi connectivity index (χ2n) is 4.54. The van der Waals surface area contributed by atoms with E-state index in [2.05, 4.69) is 23.6 Å². The van der Waals surface area contributed by atoms with Crippen LogP contribution in [-0.4, -0.2) is 0 Å². The van der Waals surface area contributed by atoms with E-state index in [4.69, 9.17) is 10.3 Å². The van der Waals surface area contributed by atoms with Gasteiger partial charge in [-0.25, -0.2) is 5.43 Å². The number of nitrogens with one attached hydrogen (secondary N) is 1. The first-order valence-corrected chi connectivity index (χ1v) is 5.98. The Morgan fingerprint density at radius 3 is 2.76 bits per heavy atom. The van der Waals surface area contributed by atoms with Gasteiger partial charge in [0.25, 0.3) is 0 Å². The molecule has 1 heterocycles. The van der Waals surface area contributed by atoms with Crippen LogP contribution in [0.15, 0.2) is 41.2 Å². The Morgan fingerprint density at radius 2 is 2.00 bits per heavy atom. The van der Waals surface area contributed by atoms with Gasteiger partial charge in [0.1, 0.15) is 0 Å². The van der Waals surface area contributed by atoms with E-state index in [-0.39, 0.29) is 6.04 Å². The van der Waals surface area contributed by atoms with Crippen molar-refractivity contribution >= 4 is 0 Å². The maximum absolute atomic E-state index is 5.65. The summed E-state index contributed by atoms with van der Waals surface area (Å²) in [5, 5.41) is 0. The minimum atomic E-state index is 0.0136. The molecule has 17 heavy (non-hydrogen) atoms. The Labute approximate surface area is 101 Å². The fourth-order valence-corrected chi connectivity index (χ4v) is 2.60. The molecular formula is C14H16N2O. The standard InChI is InChI=1S/C14H16N2O/c15-16-14(13-6-7-17-9-13)12-5-4-10-2-1-3-11(10)8-12/h4-9,14,16H,1-3,15H2. The molecule has 88 valence electrons. The Balaban J connectivity index is 1.97. The zero-order valence-corrected chi connectivity index (χ0v) is 9.65. The van der Waals surface area contributed by atoms with E-state index in [1.54, 1.807) is 12.5 Å². The molecule has 3 N–H and O–H groups in total. The van der Waals surface area contributed by atoms with E-state index in [1.807, 2.05) is 6.07 Å². The zero-order valence-electron chi connectivity index (χ0n) is 9.65. The van der Waals surface area contributed by atoms with Crippen LogP contribution in [0.4, 0.5) is 0 Å². The van der Waals surface area contributed by atoms with Crippen LogP contribution >= 0.6 is 0 Å². The van der Waals surface area contributed by atoms with Crippen LogP contribution in [0.5, 0.6) is 0 Å². The quantitative estimate of drug-likeness (QED) is 0.626. The third-order valence-electron chi connectivity index (χ3n) is 3.50. The summed E-state index contributed by atoms with van der Waals surface area (Å²) >= 11 is 0. The average Bonchev–Trinajstić information content (AvgIpc) is 2.99. The molecule has 3 rings (SSSR count). The number of fused-ring (bicyclic) bond motifs is 1. The molecular weight excluding hydrogens is 212 g/mol. The van der Waals surface area contributed by atoms with Crippen molar-refractivity contribution in [3.8, 4) is 0 Å². The molecule has 3 nitrogen and oxygen atoms in total. The van der Waals surface area contributed by atoms with Gasteiger partial charge in [0.15, 0.2) is 0 Å². The third kappa shape index (κ3) is 1.88. The third-order valence-corrected chi connectivity index (χ3v) is 3.50. The number of nitrogens with two attached hydrogens (primary N) is 1. The molecule has 0 amide bonds. The predicted molar refractivity (Wildman–Crippen MR) is 66.3 cm³/mol. The average molecular weight is 228 g/mol. The van der Waals surface area contributed by atoms with Gasteiger partial charge in [-0.05, 0) is 42.0 Å². The molecule has 1 aromatic heterocycles. The van der Waals surface area contributed by atoms with Gasteiger partial charge in [0.05, 0.1) is 18.6 Å². The first-order chi connectivity index (χ1) is 8.38. The summed E-state index contributed by atoms with van der Waals surface area (Å²) in [6.07, 6.45) is 7.07. The van der Waals surface area contributed by atoms with Gasteiger partial charge >= 0.3 is 0 Å². The van der Waals surface area contributed by atoms with Gasteiger partial charge in [0.2, 0.25) is 0 Å². The van der Waals surface area contributed by atoms with Crippen molar-refractivity contribution < 1.29 is 4.42 Å². The van der Waals surface area contributed by atoms with Gasteiger partial charge in [-0.15, -0.1) is 0 Å².